The average Bonchev–Trinajstić information content (AvgIpc) is 1.96. The standard InChI is InChI=1S/C7H11F2NO2/c1-12-6(11)4-10-5-2-7(8,9)3-5/h5,10H,2-4H2,1H3. The Morgan fingerprint density at radius 2 is 2.25 bits per heavy atom. The minimum Gasteiger partial charge on any atom is -0.468 e. The van der Waals surface area contributed by atoms with Gasteiger partial charge in [-0.1, -0.05) is 0 Å². The summed E-state index contributed by atoms with van der Waals surface area (Å²) in [5.74, 6) is -2.96. The molecule has 0 aliphatic heterocycles. The van der Waals surface area contributed by atoms with Crippen molar-refractivity contribution in [2.24, 2.45) is 0 Å². The summed E-state index contributed by atoms with van der Waals surface area (Å²) in [7, 11) is 1.26. The van der Waals surface area contributed by atoms with Crippen LogP contribution in [0.2, 0.25) is 0 Å². The Morgan fingerprint density at radius 3 is 2.67 bits per heavy atom. The van der Waals surface area contributed by atoms with Gasteiger partial charge in [0.2, 0.25) is 0 Å². The third kappa shape index (κ3) is 2.41. The molecule has 0 bridgehead atoms. The number of rotatable bonds is 3. The lowest BCUT2D eigenvalue weighted by molar-refractivity contribution is -0.141. The summed E-state index contributed by atoms with van der Waals surface area (Å²) in [5, 5.41) is 2.67. The molecule has 1 N–H and O–H groups in total. The molecular weight excluding hydrogens is 168 g/mol. The molecule has 0 saturated heterocycles. The largest absolute Gasteiger partial charge is 0.468 e. The molecule has 0 unspecified atom stereocenters. The first-order valence-electron chi connectivity index (χ1n) is 3.71. The van der Waals surface area contributed by atoms with Gasteiger partial charge in [0.05, 0.1) is 13.7 Å². The summed E-state index contributed by atoms with van der Waals surface area (Å²) in [6.45, 7) is 0.0112. The second-order valence-electron chi connectivity index (χ2n) is 2.92. The molecule has 1 fully saturated rings. The molecule has 0 spiro atoms. The Balaban J connectivity index is 2.08. The molecule has 0 atom stereocenters. The summed E-state index contributed by atoms with van der Waals surface area (Å²) < 4.78 is 28.8. The Morgan fingerprint density at radius 1 is 1.67 bits per heavy atom. The van der Waals surface area contributed by atoms with E-state index >= 15 is 0 Å². The zero-order chi connectivity index (χ0) is 9.19. The van der Waals surface area contributed by atoms with Crippen LogP contribution in [0.15, 0.2) is 0 Å². The van der Waals surface area contributed by atoms with Gasteiger partial charge in [-0.15, -0.1) is 0 Å². The van der Waals surface area contributed by atoms with Gasteiger partial charge < -0.3 is 10.1 Å². The summed E-state index contributed by atoms with van der Waals surface area (Å²) in [6, 6.07) is -0.237. The van der Waals surface area contributed by atoms with Crippen molar-refractivity contribution in [3.05, 3.63) is 0 Å². The van der Waals surface area contributed by atoms with Crippen LogP contribution >= 0.6 is 0 Å². The van der Waals surface area contributed by atoms with Crippen molar-refractivity contribution in [1.29, 1.82) is 0 Å². The first kappa shape index (κ1) is 9.38. The van der Waals surface area contributed by atoms with Crippen LogP contribution in [0.25, 0.3) is 0 Å². The minimum absolute atomic E-state index is 0.0112. The average molecular weight is 179 g/mol. The maximum absolute atomic E-state index is 12.2. The predicted molar refractivity (Wildman–Crippen MR) is 38.0 cm³/mol. The molecule has 1 aliphatic rings. The highest BCUT2D eigenvalue weighted by molar-refractivity contribution is 5.71. The van der Waals surface area contributed by atoms with Crippen LogP contribution in [0.5, 0.6) is 0 Å². The Kier molecular flexibility index (Phi) is 2.62. The van der Waals surface area contributed by atoms with Gasteiger partial charge >= 0.3 is 5.97 Å². The van der Waals surface area contributed by atoms with Gasteiger partial charge in [-0.3, -0.25) is 4.79 Å². The molecule has 12 heavy (non-hydrogen) atoms. The number of carbonyl (C=O) groups is 1. The maximum atomic E-state index is 12.2. The number of halogens is 2. The number of esters is 1. The molecule has 3 nitrogen and oxygen atoms in total. The van der Waals surface area contributed by atoms with Gasteiger partial charge in [-0.2, -0.15) is 0 Å². The number of nitrogens with one attached hydrogen (secondary N) is 1. The second kappa shape index (κ2) is 3.35. The van der Waals surface area contributed by atoms with E-state index in [1.807, 2.05) is 0 Å². The van der Waals surface area contributed by atoms with E-state index in [0.29, 0.717) is 0 Å². The lowest BCUT2D eigenvalue weighted by atomic mass is 9.88. The van der Waals surface area contributed by atoms with Gasteiger partial charge in [-0.05, 0) is 0 Å². The van der Waals surface area contributed by atoms with E-state index in [1.54, 1.807) is 0 Å². The van der Waals surface area contributed by atoms with Gasteiger partial charge in [0.15, 0.2) is 0 Å². The van der Waals surface area contributed by atoms with Crippen molar-refractivity contribution >= 4 is 5.97 Å². The first-order valence-corrected chi connectivity index (χ1v) is 3.71. The molecule has 0 aromatic rings. The summed E-state index contributed by atoms with van der Waals surface area (Å²) in [4.78, 5) is 10.5. The Bertz CT molecular complexity index is 176. The van der Waals surface area contributed by atoms with Crippen LogP contribution in [-0.2, 0) is 9.53 Å². The van der Waals surface area contributed by atoms with E-state index < -0.39 is 11.9 Å². The van der Waals surface area contributed by atoms with E-state index in [-0.39, 0.29) is 25.4 Å². The van der Waals surface area contributed by atoms with E-state index in [0.717, 1.165) is 0 Å². The van der Waals surface area contributed by atoms with Crippen LogP contribution in [-0.4, -0.2) is 31.6 Å². The van der Waals surface area contributed by atoms with E-state index in [9.17, 15) is 13.6 Å². The van der Waals surface area contributed by atoms with Gasteiger partial charge in [0.25, 0.3) is 5.92 Å². The van der Waals surface area contributed by atoms with Crippen LogP contribution in [0.4, 0.5) is 8.78 Å². The molecular formula is C7H11F2NO2. The monoisotopic (exact) mass is 179 g/mol. The number of carbonyl (C=O) groups excluding carboxylic acids is 1. The second-order valence-corrected chi connectivity index (χ2v) is 2.92. The summed E-state index contributed by atoms with van der Waals surface area (Å²) in [5.41, 5.74) is 0. The highest BCUT2D eigenvalue weighted by atomic mass is 19.3. The van der Waals surface area contributed by atoms with Gasteiger partial charge in [0, 0.05) is 18.9 Å². The van der Waals surface area contributed by atoms with Crippen LogP contribution in [0.3, 0.4) is 0 Å². The number of alkyl halides is 2. The lowest BCUT2D eigenvalue weighted by Gasteiger charge is -2.35. The fourth-order valence-corrected chi connectivity index (χ4v) is 1.11. The molecule has 0 aromatic carbocycles. The normalized spacial score (nSPS) is 21.6. The molecule has 1 saturated carbocycles. The van der Waals surface area contributed by atoms with E-state index in [2.05, 4.69) is 10.1 Å². The predicted octanol–water partition coefficient (Wildman–Crippen LogP) is 0.547. The zero-order valence-corrected chi connectivity index (χ0v) is 6.77. The third-order valence-corrected chi connectivity index (χ3v) is 1.85. The quantitative estimate of drug-likeness (QED) is 0.643. The van der Waals surface area contributed by atoms with E-state index in [4.69, 9.17) is 0 Å². The van der Waals surface area contributed by atoms with Gasteiger partial charge in [-0.25, -0.2) is 8.78 Å². The highest BCUT2D eigenvalue weighted by Gasteiger charge is 2.45. The van der Waals surface area contributed by atoms with Crippen LogP contribution in [0, 0.1) is 0 Å². The molecule has 1 aliphatic carbocycles. The number of hydrogen-bond donors (Lipinski definition) is 1. The molecule has 0 radical (unpaired) electrons. The summed E-state index contributed by atoms with van der Waals surface area (Å²) in [6.07, 6.45) is -0.353. The van der Waals surface area contributed by atoms with Crippen molar-refractivity contribution in [2.75, 3.05) is 13.7 Å². The fourth-order valence-electron chi connectivity index (χ4n) is 1.11. The maximum Gasteiger partial charge on any atom is 0.319 e. The number of ether oxygens (including phenoxy) is 1. The van der Waals surface area contributed by atoms with Crippen molar-refractivity contribution in [1.82, 2.24) is 5.32 Å². The lowest BCUT2D eigenvalue weighted by Crippen LogP contribution is -2.49. The topological polar surface area (TPSA) is 38.3 Å². The van der Waals surface area contributed by atoms with E-state index in [1.165, 1.54) is 7.11 Å². The number of hydrogen-bond acceptors (Lipinski definition) is 3. The Labute approximate surface area is 69.1 Å². The molecule has 0 amide bonds. The number of methoxy groups -OCH3 is 1. The Hall–Kier alpha value is -0.710. The molecule has 0 heterocycles. The SMILES string of the molecule is COC(=O)CNC1CC(F)(F)C1. The van der Waals surface area contributed by atoms with Crippen molar-refractivity contribution in [3.63, 3.8) is 0 Å². The van der Waals surface area contributed by atoms with Crippen molar-refractivity contribution in [2.45, 2.75) is 24.8 Å². The molecule has 70 valence electrons. The minimum atomic E-state index is -2.53. The molecule has 1 rings (SSSR count). The first-order chi connectivity index (χ1) is 5.53. The summed E-state index contributed by atoms with van der Waals surface area (Å²) >= 11 is 0. The van der Waals surface area contributed by atoms with Crippen molar-refractivity contribution < 1.29 is 18.3 Å². The smallest absolute Gasteiger partial charge is 0.319 e. The zero-order valence-electron chi connectivity index (χ0n) is 6.77. The van der Waals surface area contributed by atoms with Crippen LogP contribution in [0.1, 0.15) is 12.8 Å². The van der Waals surface area contributed by atoms with Gasteiger partial charge in [0.1, 0.15) is 0 Å². The third-order valence-electron chi connectivity index (χ3n) is 1.85. The van der Waals surface area contributed by atoms with Crippen LogP contribution < -0.4 is 5.32 Å². The highest BCUT2D eigenvalue weighted by Crippen LogP contribution is 2.37. The van der Waals surface area contributed by atoms with Crippen molar-refractivity contribution in [3.8, 4) is 0 Å². The molecule has 5 heteroatoms. The molecule has 0 aromatic heterocycles. The fraction of sp³-hybridized carbons (Fsp3) is 0.857.